The summed E-state index contributed by atoms with van der Waals surface area (Å²) in [6.07, 6.45) is 2.51. The number of hydrogen-bond donors (Lipinski definition) is 2. The summed E-state index contributed by atoms with van der Waals surface area (Å²) < 4.78 is 0. The first kappa shape index (κ1) is 12.1. The van der Waals surface area contributed by atoms with Crippen molar-refractivity contribution in [2.75, 3.05) is 18.8 Å². The predicted octanol–water partition coefficient (Wildman–Crippen LogP) is 2.62. The summed E-state index contributed by atoms with van der Waals surface area (Å²) >= 11 is 0. The van der Waals surface area contributed by atoms with E-state index in [1.165, 1.54) is 12.8 Å². The fraction of sp³-hybridized carbons (Fsp3) is 0.400. The molecule has 100 valence electrons. The predicted molar refractivity (Wildman–Crippen MR) is 77.0 cm³/mol. The second-order valence-electron chi connectivity index (χ2n) is 5.28. The Balaban J connectivity index is 1.89. The van der Waals surface area contributed by atoms with Crippen molar-refractivity contribution in [1.29, 1.82) is 0 Å². The van der Waals surface area contributed by atoms with E-state index in [-0.39, 0.29) is 5.91 Å². The van der Waals surface area contributed by atoms with Crippen LogP contribution in [0.1, 0.15) is 30.3 Å². The molecule has 1 aliphatic rings. The highest BCUT2D eigenvalue weighted by Gasteiger charge is 2.27. The van der Waals surface area contributed by atoms with Gasteiger partial charge >= 0.3 is 0 Å². The minimum Gasteiger partial charge on any atom is -0.397 e. The molecule has 1 saturated carbocycles. The highest BCUT2D eigenvalue weighted by Crippen LogP contribution is 2.30. The Kier molecular flexibility index (Phi) is 2.93. The van der Waals surface area contributed by atoms with Crippen molar-refractivity contribution in [3.8, 4) is 0 Å². The number of aromatic amines is 1. The summed E-state index contributed by atoms with van der Waals surface area (Å²) in [5, 5.41) is 0.992. The van der Waals surface area contributed by atoms with Crippen molar-refractivity contribution in [3.05, 3.63) is 30.0 Å². The zero-order valence-corrected chi connectivity index (χ0v) is 11.1. The summed E-state index contributed by atoms with van der Waals surface area (Å²) in [6.45, 7) is 3.65. The van der Waals surface area contributed by atoms with E-state index in [2.05, 4.69) is 4.98 Å². The highest BCUT2D eigenvalue weighted by molar-refractivity contribution is 6.00. The lowest BCUT2D eigenvalue weighted by atomic mass is 10.2. The molecular weight excluding hydrogens is 238 g/mol. The number of carbonyl (C=O) groups is 1. The van der Waals surface area contributed by atoms with Gasteiger partial charge in [-0.05, 0) is 37.8 Å². The van der Waals surface area contributed by atoms with Crippen molar-refractivity contribution in [1.82, 2.24) is 9.88 Å². The van der Waals surface area contributed by atoms with Gasteiger partial charge in [-0.3, -0.25) is 4.79 Å². The number of fused-ring (bicyclic) bond motifs is 1. The molecule has 0 spiro atoms. The third-order valence-electron chi connectivity index (χ3n) is 3.76. The van der Waals surface area contributed by atoms with Crippen LogP contribution >= 0.6 is 0 Å². The molecule has 1 aromatic heterocycles. The molecule has 1 aliphatic carbocycles. The van der Waals surface area contributed by atoms with Crippen LogP contribution in [0.5, 0.6) is 0 Å². The van der Waals surface area contributed by atoms with E-state index in [4.69, 9.17) is 5.73 Å². The van der Waals surface area contributed by atoms with E-state index in [0.717, 1.165) is 24.0 Å². The average molecular weight is 257 g/mol. The minimum atomic E-state index is 0.0741. The van der Waals surface area contributed by atoms with Crippen LogP contribution in [-0.4, -0.2) is 28.9 Å². The van der Waals surface area contributed by atoms with Crippen molar-refractivity contribution < 1.29 is 4.79 Å². The smallest absolute Gasteiger partial charge is 0.270 e. The summed E-state index contributed by atoms with van der Waals surface area (Å²) in [7, 11) is 0. The molecule has 0 saturated heterocycles. The summed E-state index contributed by atoms with van der Waals surface area (Å²) in [5.74, 6) is 0.781. The van der Waals surface area contributed by atoms with E-state index in [1.54, 1.807) is 0 Å². The van der Waals surface area contributed by atoms with Crippen LogP contribution in [-0.2, 0) is 0 Å². The fourth-order valence-corrected chi connectivity index (χ4v) is 2.43. The number of anilines is 1. The fourth-order valence-electron chi connectivity index (χ4n) is 2.43. The number of nitrogens with two attached hydrogens (primary N) is 1. The molecule has 4 nitrogen and oxygen atoms in total. The van der Waals surface area contributed by atoms with Gasteiger partial charge in [0, 0.05) is 18.5 Å². The summed E-state index contributed by atoms with van der Waals surface area (Å²) in [5.41, 5.74) is 8.08. The lowest BCUT2D eigenvalue weighted by molar-refractivity contribution is 0.0752. The molecule has 2 aromatic rings. The third kappa shape index (κ3) is 2.30. The molecular formula is C15H19N3O. The van der Waals surface area contributed by atoms with Gasteiger partial charge < -0.3 is 15.6 Å². The van der Waals surface area contributed by atoms with Crippen LogP contribution in [0.2, 0.25) is 0 Å². The van der Waals surface area contributed by atoms with Crippen molar-refractivity contribution >= 4 is 22.5 Å². The summed E-state index contributed by atoms with van der Waals surface area (Å²) in [6, 6.07) is 7.61. The maximum atomic E-state index is 12.5. The number of H-pyrrole nitrogens is 1. The average Bonchev–Trinajstić information content (AvgIpc) is 3.11. The molecule has 3 rings (SSSR count). The van der Waals surface area contributed by atoms with Crippen LogP contribution in [0.4, 0.5) is 5.69 Å². The number of benzene rings is 1. The van der Waals surface area contributed by atoms with Crippen molar-refractivity contribution in [2.45, 2.75) is 19.8 Å². The molecule has 0 aliphatic heterocycles. The van der Waals surface area contributed by atoms with E-state index in [1.807, 2.05) is 36.1 Å². The molecule has 0 atom stereocenters. The molecule has 1 amide bonds. The van der Waals surface area contributed by atoms with Gasteiger partial charge in [-0.2, -0.15) is 0 Å². The molecule has 0 bridgehead atoms. The van der Waals surface area contributed by atoms with Gasteiger partial charge in [-0.15, -0.1) is 0 Å². The zero-order chi connectivity index (χ0) is 13.4. The quantitative estimate of drug-likeness (QED) is 0.827. The van der Waals surface area contributed by atoms with Gasteiger partial charge in [0.25, 0.3) is 5.91 Å². The van der Waals surface area contributed by atoms with E-state index in [9.17, 15) is 4.79 Å². The number of nitrogen functional groups attached to an aromatic ring is 1. The SMILES string of the molecule is CCN(CC1CC1)C(=O)c1cc2cccc(N)c2[nH]1. The van der Waals surface area contributed by atoms with Gasteiger partial charge in [-0.25, -0.2) is 0 Å². The van der Waals surface area contributed by atoms with Crippen molar-refractivity contribution in [3.63, 3.8) is 0 Å². The number of nitrogens with one attached hydrogen (secondary N) is 1. The van der Waals surface area contributed by atoms with Crippen LogP contribution in [0.3, 0.4) is 0 Å². The molecule has 1 aromatic carbocycles. The van der Waals surface area contributed by atoms with E-state index < -0.39 is 0 Å². The van der Waals surface area contributed by atoms with Crippen LogP contribution in [0, 0.1) is 5.92 Å². The number of amides is 1. The number of nitrogens with zero attached hydrogens (tertiary/aromatic N) is 1. The standard InChI is InChI=1S/C15H19N3O/c1-2-18(9-10-6-7-10)15(19)13-8-11-4-3-5-12(16)14(11)17-13/h3-5,8,10,17H,2,6-7,9,16H2,1H3. The highest BCUT2D eigenvalue weighted by atomic mass is 16.2. The largest absolute Gasteiger partial charge is 0.397 e. The maximum Gasteiger partial charge on any atom is 0.270 e. The Morgan fingerprint density at radius 2 is 2.26 bits per heavy atom. The number of rotatable bonds is 4. The van der Waals surface area contributed by atoms with Gasteiger partial charge in [0.1, 0.15) is 5.69 Å². The Hall–Kier alpha value is -1.97. The molecule has 4 heteroatoms. The first-order chi connectivity index (χ1) is 9.19. The number of carbonyl (C=O) groups excluding carboxylic acids is 1. The van der Waals surface area contributed by atoms with Gasteiger partial charge in [0.15, 0.2) is 0 Å². The topological polar surface area (TPSA) is 62.1 Å². The van der Waals surface area contributed by atoms with Crippen LogP contribution in [0.15, 0.2) is 24.3 Å². The Morgan fingerprint density at radius 1 is 1.47 bits per heavy atom. The lowest BCUT2D eigenvalue weighted by Crippen LogP contribution is -2.32. The lowest BCUT2D eigenvalue weighted by Gasteiger charge is -2.19. The molecule has 1 fully saturated rings. The summed E-state index contributed by atoms with van der Waals surface area (Å²) in [4.78, 5) is 17.5. The molecule has 19 heavy (non-hydrogen) atoms. The third-order valence-corrected chi connectivity index (χ3v) is 3.76. The van der Waals surface area contributed by atoms with Gasteiger partial charge in [0.05, 0.1) is 11.2 Å². The van der Waals surface area contributed by atoms with Gasteiger partial charge in [-0.1, -0.05) is 12.1 Å². The number of aromatic nitrogens is 1. The second-order valence-corrected chi connectivity index (χ2v) is 5.28. The Morgan fingerprint density at radius 3 is 2.89 bits per heavy atom. The molecule has 0 unspecified atom stereocenters. The Bertz CT molecular complexity index is 613. The monoisotopic (exact) mass is 257 g/mol. The maximum absolute atomic E-state index is 12.5. The number of hydrogen-bond acceptors (Lipinski definition) is 2. The van der Waals surface area contributed by atoms with Gasteiger partial charge in [0.2, 0.25) is 0 Å². The van der Waals surface area contributed by atoms with E-state index in [0.29, 0.717) is 17.3 Å². The second kappa shape index (κ2) is 4.61. The molecule has 0 radical (unpaired) electrons. The van der Waals surface area contributed by atoms with E-state index >= 15 is 0 Å². The molecule has 3 N–H and O–H groups in total. The van der Waals surface area contributed by atoms with Crippen LogP contribution < -0.4 is 5.73 Å². The van der Waals surface area contributed by atoms with Crippen LogP contribution in [0.25, 0.3) is 10.9 Å². The zero-order valence-electron chi connectivity index (χ0n) is 11.1. The number of para-hydroxylation sites is 1. The van der Waals surface area contributed by atoms with Crippen molar-refractivity contribution in [2.24, 2.45) is 5.92 Å². The first-order valence-corrected chi connectivity index (χ1v) is 6.85. The molecule has 1 heterocycles. The first-order valence-electron chi connectivity index (χ1n) is 6.85. The Labute approximate surface area is 112 Å². The minimum absolute atomic E-state index is 0.0741. The normalized spacial score (nSPS) is 14.8.